The van der Waals surface area contributed by atoms with Crippen LogP contribution >= 0.6 is 0 Å². The van der Waals surface area contributed by atoms with Gasteiger partial charge in [-0.2, -0.15) is 0 Å². The molecule has 3 atom stereocenters. The van der Waals surface area contributed by atoms with Gasteiger partial charge in [-0.15, -0.1) is 0 Å². The molecule has 172 valence electrons. The van der Waals surface area contributed by atoms with Gasteiger partial charge in [-0.25, -0.2) is 0 Å². The summed E-state index contributed by atoms with van der Waals surface area (Å²) < 4.78 is 0. The summed E-state index contributed by atoms with van der Waals surface area (Å²) in [5.41, 5.74) is 8.00. The number of hydrogen-bond acceptors (Lipinski definition) is 1. The number of aliphatic carboxylic acids is 1. The Kier molecular flexibility index (Phi) is 7.27. The molecule has 0 radical (unpaired) electrons. The number of carbonyl (C=O) groups is 1. The van der Waals surface area contributed by atoms with Gasteiger partial charge in [-0.05, 0) is 38.9 Å². The highest BCUT2D eigenvalue weighted by Crippen LogP contribution is 2.38. The average molecular weight is 449 g/mol. The molecular weight excluding hydrogens is 416 g/mol. The topological polar surface area (TPSA) is 37.3 Å². The maximum Gasteiger partial charge on any atom is 0.307 e. The van der Waals surface area contributed by atoms with Crippen LogP contribution in [0, 0.1) is 0 Å². The Balaban J connectivity index is 1.94. The van der Waals surface area contributed by atoms with Crippen LogP contribution in [0.3, 0.4) is 0 Å². The lowest BCUT2D eigenvalue weighted by atomic mass is 9.78. The summed E-state index contributed by atoms with van der Waals surface area (Å²) in [5, 5.41) is 9.88. The van der Waals surface area contributed by atoms with E-state index in [1.807, 2.05) is 42.5 Å². The van der Waals surface area contributed by atoms with Gasteiger partial charge >= 0.3 is 5.97 Å². The van der Waals surface area contributed by atoms with Crippen molar-refractivity contribution in [3.63, 3.8) is 0 Å². The summed E-state index contributed by atoms with van der Waals surface area (Å²) in [7, 11) is 0. The predicted molar refractivity (Wildman–Crippen MR) is 140 cm³/mol. The molecule has 1 N–H and O–H groups in total. The van der Waals surface area contributed by atoms with Crippen molar-refractivity contribution in [1.82, 2.24) is 0 Å². The Morgan fingerprint density at radius 2 is 0.941 bits per heavy atom. The molecule has 0 saturated heterocycles. The van der Waals surface area contributed by atoms with Gasteiger partial charge in [-0.1, -0.05) is 124 Å². The van der Waals surface area contributed by atoms with Gasteiger partial charge < -0.3 is 5.11 Å². The van der Waals surface area contributed by atoms with E-state index in [1.165, 1.54) is 22.3 Å². The molecule has 2 heteroatoms. The fraction of sp³-hybridized carbons (Fsp3) is 0.219. The molecule has 0 aliphatic carbocycles. The Hall–Kier alpha value is -3.65. The smallest absolute Gasteiger partial charge is 0.307 e. The molecule has 0 heterocycles. The first-order valence-corrected chi connectivity index (χ1v) is 12.0. The third-order valence-corrected chi connectivity index (χ3v) is 7.00. The van der Waals surface area contributed by atoms with Crippen LogP contribution in [0.15, 0.2) is 103 Å². The number of rotatable bonds is 8. The number of hydrogen-bond donors (Lipinski definition) is 1. The van der Waals surface area contributed by atoms with Gasteiger partial charge in [0, 0.05) is 17.8 Å². The molecule has 4 aromatic rings. The third-order valence-electron chi connectivity index (χ3n) is 7.00. The van der Waals surface area contributed by atoms with E-state index in [1.54, 1.807) is 0 Å². The molecular formula is C32H32O2. The minimum atomic E-state index is -0.799. The van der Waals surface area contributed by atoms with E-state index in [2.05, 4.69) is 81.4 Å². The summed E-state index contributed by atoms with van der Waals surface area (Å²) in [6, 6.07) is 35.7. The van der Waals surface area contributed by atoms with Crippen LogP contribution in [0.1, 0.15) is 77.5 Å². The van der Waals surface area contributed by atoms with E-state index in [0.29, 0.717) is 0 Å². The van der Waals surface area contributed by atoms with Gasteiger partial charge in [0.25, 0.3) is 0 Å². The molecule has 0 aromatic heterocycles. The number of carboxylic acids is 1. The minimum absolute atomic E-state index is 0.0129. The number of carboxylic acid groups (broad SMARTS) is 1. The quantitative estimate of drug-likeness (QED) is 0.299. The van der Waals surface area contributed by atoms with Crippen molar-refractivity contribution < 1.29 is 9.90 Å². The van der Waals surface area contributed by atoms with E-state index >= 15 is 0 Å². The minimum Gasteiger partial charge on any atom is -0.481 e. The zero-order valence-electron chi connectivity index (χ0n) is 20.1. The van der Waals surface area contributed by atoms with E-state index in [-0.39, 0.29) is 24.2 Å². The highest BCUT2D eigenvalue weighted by molar-refractivity contribution is 5.72. The molecule has 0 saturated carbocycles. The summed E-state index contributed by atoms with van der Waals surface area (Å²) in [6.07, 6.45) is 0.0129. The van der Waals surface area contributed by atoms with E-state index < -0.39 is 5.97 Å². The van der Waals surface area contributed by atoms with Gasteiger partial charge in [-0.3, -0.25) is 4.79 Å². The molecule has 4 rings (SSSR count). The first-order valence-electron chi connectivity index (χ1n) is 12.0. The highest BCUT2D eigenvalue weighted by Gasteiger charge is 2.24. The molecule has 0 fully saturated rings. The average Bonchev–Trinajstić information content (AvgIpc) is 2.88. The fourth-order valence-corrected chi connectivity index (χ4v) is 4.90. The van der Waals surface area contributed by atoms with Crippen molar-refractivity contribution >= 4 is 5.97 Å². The van der Waals surface area contributed by atoms with Crippen molar-refractivity contribution in [2.24, 2.45) is 0 Å². The lowest BCUT2D eigenvalue weighted by molar-refractivity contribution is -0.136. The Morgan fingerprint density at radius 1 is 0.588 bits per heavy atom. The molecule has 4 aromatic carbocycles. The van der Waals surface area contributed by atoms with E-state index in [9.17, 15) is 9.90 Å². The van der Waals surface area contributed by atoms with Gasteiger partial charge in [0.05, 0.1) is 6.42 Å². The first kappa shape index (κ1) is 23.5. The van der Waals surface area contributed by atoms with Crippen molar-refractivity contribution in [3.8, 4) is 0 Å². The third kappa shape index (κ3) is 5.12. The SMILES string of the molecule is CC(c1ccccc1)c1cc(C(C)c2ccccc2)c(CC(=O)O)c(C(C)c2ccccc2)c1. The fourth-order valence-electron chi connectivity index (χ4n) is 4.90. The standard InChI is InChI=1S/C32H32O2/c1-22(25-13-7-4-8-14-25)28-19-29(23(2)26-15-9-5-10-16-26)31(21-32(33)34)30(20-28)24(3)27-17-11-6-12-18-27/h4-20,22-24H,21H2,1-3H3,(H,33,34). The van der Waals surface area contributed by atoms with Crippen LogP contribution in [0.25, 0.3) is 0 Å². The van der Waals surface area contributed by atoms with Crippen LogP contribution in [0.4, 0.5) is 0 Å². The Bertz CT molecular complexity index is 1160. The summed E-state index contributed by atoms with van der Waals surface area (Å²) >= 11 is 0. The lowest BCUT2D eigenvalue weighted by Gasteiger charge is -2.26. The second-order valence-corrected chi connectivity index (χ2v) is 9.15. The largest absolute Gasteiger partial charge is 0.481 e. The van der Waals surface area contributed by atoms with Crippen molar-refractivity contribution in [2.75, 3.05) is 0 Å². The molecule has 0 amide bonds. The Labute approximate surface area is 202 Å². The van der Waals surface area contributed by atoms with Crippen molar-refractivity contribution in [1.29, 1.82) is 0 Å². The first-order chi connectivity index (χ1) is 16.5. The molecule has 2 nitrogen and oxygen atoms in total. The maximum absolute atomic E-state index is 12.0. The van der Waals surface area contributed by atoms with Crippen LogP contribution < -0.4 is 0 Å². The summed E-state index contributed by atoms with van der Waals surface area (Å²) in [6.45, 7) is 6.60. The van der Waals surface area contributed by atoms with Crippen LogP contribution in [-0.2, 0) is 11.2 Å². The second kappa shape index (κ2) is 10.5. The lowest BCUT2D eigenvalue weighted by Crippen LogP contribution is -2.14. The van der Waals surface area contributed by atoms with Gasteiger partial charge in [0.1, 0.15) is 0 Å². The summed E-state index contributed by atoms with van der Waals surface area (Å²) in [4.78, 5) is 12.0. The Morgan fingerprint density at radius 3 is 1.29 bits per heavy atom. The zero-order valence-corrected chi connectivity index (χ0v) is 20.1. The second-order valence-electron chi connectivity index (χ2n) is 9.15. The molecule has 0 bridgehead atoms. The molecule has 0 spiro atoms. The molecule has 0 aliphatic rings. The van der Waals surface area contributed by atoms with Crippen molar-refractivity contribution in [3.05, 3.63) is 142 Å². The predicted octanol–water partition coefficient (Wildman–Crippen LogP) is 7.77. The van der Waals surface area contributed by atoms with Crippen LogP contribution in [0.2, 0.25) is 0 Å². The number of benzene rings is 4. The molecule has 3 unspecified atom stereocenters. The van der Waals surface area contributed by atoms with Gasteiger partial charge in [0.15, 0.2) is 0 Å². The van der Waals surface area contributed by atoms with Gasteiger partial charge in [0.2, 0.25) is 0 Å². The maximum atomic E-state index is 12.0. The monoisotopic (exact) mass is 448 g/mol. The van der Waals surface area contributed by atoms with Crippen LogP contribution in [0.5, 0.6) is 0 Å². The zero-order chi connectivity index (χ0) is 24.1. The summed E-state index contributed by atoms with van der Waals surface area (Å²) in [5.74, 6) is -0.434. The van der Waals surface area contributed by atoms with E-state index in [4.69, 9.17) is 0 Å². The molecule has 0 aliphatic heterocycles. The highest BCUT2D eigenvalue weighted by atomic mass is 16.4. The molecule has 34 heavy (non-hydrogen) atoms. The van der Waals surface area contributed by atoms with E-state index in [0.717, 1.165) is 16.7 Å². The normalized spacial score (nSPS) is 13.7. The van der Waals surface area contributed by atoms with Crippen molar-refractivity contribution in [2.45, 2.75) is 44.9 Å². The van der Waals surface area contributed by atoms with Crippen LogP contribution in [-0.4, -0.2) is 11.1 Å².